The van der Waals surface area contributed by atoms with Crippen LogP contribution in [0.1, 0.15) is 29.3 Å². The van der Waals surface area contributed by atoms with Crippen LogP contribution >= 0.6 is 12.6 Å². The number of ether oxygens (including phenoxy) is 1. The summed E-state index contributed by atoms with van der Waals surface area (Å²) in [6.45, 7) is 4.66. The minimum Gasteiger partial charge on any atom is -0.478 e. The van der Waals surface area contributed by atoms with Gasteiger partial charge in [-0.05, 0) is 30.2 Å². The van der Waals surface area contributed by atoms with Gasteiger partial charge in [0, 0.05) is 24.6 Å². The van der Waals surface area contributed by atoms with Crippen molar-refractivity contribution < 1.29 is 14.6 Å². The summed E-state index contributed by atoms with van der Waals surface area (Å²) in [5.74, 6) is -0.914. The topological polar surface area (TPSA) is 58.6 Å². The SMILES string of the molecule is CCCOCCNCc1cc(S)ccc1C(=O)O. The van der Waals surface area contributed by atoms with Gasteiger partial charge in [-0.2, -0.15) is 0 Å². The highest BCUT2D eigenvalue weighted by Crippen LogP contribution is 2.14. The lowest BCUT2D eigenvalue weighted by Crippen LogP contribution is -2.21. The summed E-state index contributed by atoms with van der Waals surface area (Å²) in [7, 11) is 0. The standard InChI is InChI=1S/C13H19NO3S/c1-2-6-17-7-5-14-9-10-8-11(18)3-4-12(10)13(15)16/h3-4,8,14,18H,2,5-7,9H2,1H3,(H,15,16). The number of benzene rings is 1. The second kappa shape index (κ2) is 8.13. The molecule has 0 saturated heterocycles. The molecule has 0 spiro atoms. The van der Waals surface area contributed by atoms with Crippen molar-refractivity contribution in [3.8, 4) is 0 Å². The maximum absolute atomic E-state index is 11.0. The third-order valence-electron chi connectivity index (χ3n) is 2.41. The maximum Gasteiger partial charge on any atom is 0.336 e. The number of carbonyl (C=O) groups is 1. The fourth-order valence-corrected chi connectivity index (χ4v) is 1.78. The average molecular weight is 269 g/mol. The first-order chi connectivity index (χ1) is 8.65. The lowest BCUT2D eigenvalue weighted by molar-refractivity contribution is 0.0695. The third-order valence-corrected chi connectivity index (χ3v) is 2.68. The Morgan fingerprint density at radius 2 is 2.22 bits per heavy atom. The Labute approximate surface area is 113 Å². The van der Waals surface area contributed by atoms with Crippen molar-refractivity contribution in [1.82, 2.24) is 5.32 Å². The quantitative estimate of drug-likeness (QED) is 0.500. The highest BCUT2D eigenvalue weighted by molar-refractivity contribution is 7.80. The third kappa shape index (κ3) is 5.08. The van der Waals surface area contributed by atoms with Gasteiger partial charge >= 0.3 is 5.97 Å². The van der Waals surface area contributed by atoms with E-state index >= 15 is 0 Å². The molecule has 0 unspecified atom stereocenters. The van der Waals surface area contributed by atoms with Gasteiger partial charge < -0.3 is 15.2 Å². The number of aromatic carboxylic acids is 1. The van der Waals surface area contributed by atoms with Crippen LogP contribution in [0.15, 0.2) is 23.1 Å². The molecule has 0 aliphatic rings. The number of rotatable bonds is 8. The highest BCUT2D eigenvalue weighted by atomic mass is 32.1. The number of hydrogen-bond donors (Lipinski definition) is 3. The van der Waals surface area contributed by atoms with E-state index in [2.05, 4.69) is 24.9 Å². The maximum atomic E-state index is 11.0. The summed E-state index contributed by atoms with van der Waals surface area (Å²) in [6, 6.07) is 5.03. The second-order valence-corrected chi connectivity index (χ2v) is 4.45. The Bertz CT molecular complexity index is 396. The molecule has 100 valence electrons. The molecule has 18 heavy (non-hydrogen) atoms. The van der Waals surface area contributed by atoms with Crippen molar-refractivity contribution in [2.24, 2.45) is 0 Å². The zero-order chi connectivity index (χ0) is 13.4. The van der Waals surface area contributed by atoms with E-state index in [1.807, 2.05) is 0 Å². The van der Waals surface area contributed by atoms with E-state index in [0.717, 1.165) is 23.5 Å². The van der Waals surface area contributed by atoms with Gasteiger partial charge in [0.25, 0.3) is 0 Å². The van der Waals surface area contributed by atoms with Crippen LogP contribution in [0.3, 0.4) is 0 Å². The Kier molecular flexibility index (Phi) is 6.78. The van der Waals surface area contributed by atoms with Gasteiger partial charge in [-0.3, -0.25) is 0 Å². The zero-order valence-corrected chi connectivity index (χ0v) is 11.4. The van der Waals surface area contributed by atoms with Crippen LogP contribution in [0, 0.1) is 0 Å². The van der Waals surface area contributed by atoms with E-state index in [1.165, 1.54) is 0 Å². The van der Waals surface area contributed by atoms with Gasteiger partial charge in [-0.1, -0.05) is 6.92 Å². The minimum atomic E-state index is -0.914. The van der Waals surface area contributed by atoms with Crippen molar-refractivity contribution in [2.75, 3.05) is 19.8 Å². The van der Waals surface area contributed by atoms with Crippen LogP contribution in [-0.2, 0) is 11.3 Å². The molecule has 1 aromatic carbocycles. The minimum absolute atomic E-state index is 0.315. The summed E-state index contributed by atoms with van der Waals surface area (Å²) in [6.07, 6.45) is 1.00. The van der Waals surface area contributed by atoms with Crippen molar-refractivity contribution in [3.63, 3.8) is 0 Å². The van der Waals surface area contributed by atoms with Crippen LogP contribution in [0.5, 0.6) is 0 Å². The van der Waals surface area contributed by atoms with Crippen LogP contribution < -0.4 is 5.32 Å². The Balaban J connectivity index is 2.45. The molecule has 5 heteroatoms. The Morgan fingerprint density at radius 1 is 1.44 bits per heavy atom. The van der Waals surface area contributed by atoms with E-state index in [-0.39, 0.29) is 0 Å². The van der Waals surface area contributed by atoms with Gasteiger partial charge in [0.15, 0.2) is 0 Å². The first-order valence-electron chi connectivity index (χ1n) is 5.98. The highest BCUT2D eigenvalue weighted by Gasteiger charge is 2.09. The molecule has 0 aliphatic carbocycles. The molecular formula is C13H19NO3S. The predicted molar refractivity (Wildman–Crippen MR) is 73.5 cm³/mol. The van der Waals surface area contributed by atoms with Crippen molar-refractivity contribution in [2.45, 2.75) is 24.8 Å². The number of carboxylic acids is 1. The molecular weight excluding hydrogens is 250 g/mol. The molecule has 0 amide bonds. The van der Waals surface area contributed by atoms with Gasteiger partial charge in [0.1, 0.15) is 0 Å². The second-order valence-electron chi connectivity index (χ2n) is 3.94. The summed E-state index contributed by atoms with van der Waals surface area (Å²) in [5, 5.41) is 12.2. The van der Waals surface area contributed by atoms with Crippen LogP contribution in [-0.4, -0.2) is 30.8 Å². The largest absolute Gasteiger partial charge is 0.478 e. The fraction of sp³-hybridized carbons (Fsp3) is 0.462. The summed E-state index contributed by atoms with van der Waals surface area (Å²) in [4.78, 5) is 11.8. The summed E-state index contributed by atoms with van der Waals surface area (Å²) < 4.78 is 5.33. The van der Waals surface area contributed by atoms with E-state index < -0.39 is 5.97 Å². The summed E-state index contributed by atoms with van der Waals surface area (Å²) in [5.41, 5.74) is 1.06. The molecule has 1 rings (SSSR count). The average Bonchev–Trinajstić information content (AvgIpc) is 2.33. The van der Waals surface area contributed by atoms with Crippen LogP contribution in [0.4, 0.5) is 0 Å². The molecule has 0 bridgehead atoms. The van der Waals surface area contributed by atoms with Crippen LogP contribution in [0.2, 0.25) is 0 Å². The van der Waals surface area contributed by atoms with Gasteiger partial charge in [-0.25, -0.2) is 4.79 Å². The number of carboxylic acid groups (broad SMARTS) is 1. The van der Waals surface area contributed by atoms with Crippen LogP contribution in [0.25, 0.3) is 0 Å². The molecule has 0 aromatic heterocycles. The number of nitrogens with one attached hydrogen (secondary N) is 1. The van der Waals surface area contributed by atoms with Crippen molar-refractivity contribution in [1.29, 1.82) is 0 Å². The molecule has 2 N–H and O–H groups in total. The first kappa shape index (κ1) is 15.0. The number of hydrogen-bond acceptors (Lipinski definition) is 4. The number of thiol groups is 1. The molecule has 0 saturated carbocycles. The normalized spacial score (nSPS) is 10.6. The molecule has 1 aromatic rings. The monoisotopic (exact) mass is 269 g/mol. The molecule has 0 aliphatic heterocycles. The van der Waals surface area contributed by atoms with Gasteiger partial charge in [-0.15, -0.1) is 12.6 Å². The van der Waals surface area contributed by atoms with E-state index in [4.69, 9.17) is 9.84 Å². The molecule has 0 heterocycles. The molecule has 0 radical (unpaired) electrons. The van der Waals surface area contributed by atoms with Gasteiger partial charge in [0.05, 0.1) is 12.2 Å². The Morgan fingerprint density at radius 3 is 2.89 bits per heavy atom. The lowest BCUT2D eigenvalue weighted by atomic mass is 10.1. The van der Waals surface area contributed by atoms with Crippen molar-refractivity contribution >= 4 is 18.6 Å². The molecule has 4 nitrogen and oxygen atoms in total. The fourth-order valence-electron chi connectivity index (χ4n) is 1.55. The zero-order valence-electron chi connectivity index (χ0n) is 10.5. The van der Waals surface area contributed by atoms with E-state index in [1.54, 1.807) is 18.2 Å². The predicted octanol–water partition coefficient (Wildman–Crippen LogP) is 2.19. The van der Waals surface area contributed by atoms with Crippen molar-refractivity contribution in [3.05, 3.63) is 29.3 Å². The summed E-state index contributed by atoms with van der Waals surface area (Å²) >= 11 is 4.22. The van der Waals surface area contributed by atoms with E-state index in [9.17, 15) is 4.79 Å². The Hall–Kier alpha value is -1.04. The van der Waals surface area contributed by atoms with Gasteiger partial charge in [0.2, 0.25) is 0 Å². The smallest absolute Gasteiger partial charge is 0.336 e. The van der Waals surface area contributed by atoms with E-state index in [0.29, 0.717) is 25.3 Å². The molecule has 0 fully saturated rings. The molecule has 0 atom stereocenters. The first-order valence-corrected chi connectivity index (χ1v) is 6.43. The lowest BCUT2D eigenvalue weighted by Gasteiger charge is -2.09.